The van der Waals surface area contributed by atoms with E-state index in [4.69, 9.17) is 9.84 Å². The molecule has 4 rings (SSSR count). The fourth-order valence-corrected chi connectivity index (χ4v) is 3.56. The average molecular weight is 354 g/mol. The Bertz CT molecular complexity index is 998. The normalized spacial score (nSPS) is 11.5. The second-order valence-electron chi connectivity index (χ2n) is 6.20. The molecule has 0 amide bonds. The lowest BCUT2D eigenvalue weighted by molar-refractivity contribution is 0.415. The highest BCUT2D eigenvalue weighted by molar-refractivity contribution is 7.19. The van der Waals surface area contributed by atoms with E-state index in [0.717, 1.165) is 44.8 Å². The summed E-state index contributed by atoms with van der Waals surface area (Å²) < 4.78 is 7.06. The number of fused-ring (bicyclic) bond motifs is 1. The molecule has 7 nitrogen and oxygen atoms in total. The van der Waals surface area contributed by atoms with Crippen molar-refractivity contribution in [2.24, 2.45) is 5.92 Å². The van der Waals surface area contributed by atoms with Gasteiger partial charge in [0.1, 0.15) is 5.75 Å². The molecule has 0 saturated heterocycles. The van der Waals surface area contributed by atoms with Gasteiger partial charge in [-0.15, -0.1) is 10.2 Å². The first-order valence-electron chi connectivity index (χ1n) is 8.05. The topological polar surface area (TPSA) is 81.0 Å². The number of rotatable bonds is 5. The maximum Gasteiger partial charge on any atom is 0.234 e. The zero-order valence-corrected chi connectivity index (χ0v) is 15.0. The molecule has 0 aliphatic carbocycles. The van der Waals surface area contributed by atoms with Gasteiger partial charge in [-0.1, -0.05) is 25.2 Å². The molecule has 0 spiro atoms. The van der Waals surface area contributed by atoms with Gasteiger partial charge in [0.25, 0.3) is 0 Å². The summed E-state index contributed by atoms with van der Waals surface area (Å²) in [7, 11) is 1.66. The largest absolute Gasteiger partial charge is 0.497 e. The first-order valence-corrected chi connectivity index (χ1v) is 8.86. The molecule has 0 radical (unpaired) electrons. The Hall–Kier alpha value is -2.74. The van der Waals surface area contributed by atoms with Crippen molar-refractivity contribution in [2.75, 3.05) is 7.11 Å². The van der Waals surface area contributed by atoms with Crippen LogP contribution in [-0.4, -0.2) is 37.1 Å². The van der Waals surface area contributed by atoms with Gasteiger partial charge in [-0.3, -0.25) is 5.10 Å². The van der Waals surface area contributed by atoms with Gasteiger partial charge >= 0.3 is 0 Å². The van der Waals surface area contributed by atoms with E-state index in [1.165, 1.54) is 11.3 Å². The van der Waals surface area contributed by atoms with E-state index in [1.54, 1.807) is 13.3 Å². The van der Waals surface area contributed by atoms with Crippen LogP contribution in [0.25, 0.3) is 26.8 Å². The highest BCUT2D eigenvalue weighted by atomic mass is 32.1. The quantitative estimate of drug-likeness (QED) is 0.594. The molecule has 0 unspecified atom stereocenters. The molecule has 128 valence electrons. The van der Waals surface area contributed by atoms with E-state index in [-0.39, 0.29) is 0 Å². The van der Waals surface area contributed by atoms with Gasteiger partial charge < -0.3 is 4.74 Å². The molecular formula is C17H18N6OS. The van der Waals surface area contributed by atoms with Crippen LogP contribution in [0.15, 0.2) is 30.5 Å². The fraction of sp³-hybridized carbons (Fsp3) is 0.294. The van der Waals surface area contributed by atoms with E-state index in [0.29, 0.717) is 5.92 Å². The Balaban J connectivity index is 1.74. The number of methoxy groups -OCH3 is 1. The number of hydrogen-bond acceptors (Lipinski definition) is 6. The Morgan fingerprint density at radius 3 is 2.72 bits per heavy atom. The monoisotopic (exact) mass is 354 g/mol. The Kier molecular flexibility index (Phi) is 3.96. The van der Waals surface area contributed by atoms with E-state index < -0.39 is 0 Å². The van der Waals surface area contributed by atoms with Gasteiger partial charge in [0.15, 0.2) is 10.8 Å². The predicted octanol–water partition coefficient (Wildman–Crippen LogP) is 3.45. The van der Waals surface area contributed by atoms with Crippen molar-refractivity contribution in [1.82, 2.24) is 30.0 Å². The number of aromatic amines is 1. The van der Waals surface area contributed by atoms with Crippen LogP contribution in [0.4, 0.5) is 0 Å². The van der Waals surface area contributed by atoms with Gasteiger partial charge in [0, 0.05) is 12.0 Å². The van der Waals surface area contributed by atoms with Crippen LogP contribution in [0.5, 0.6) is 5.75 Å². The molecule has 1 aromatic carbocycles. The minimum absolute atomic E-state index is 0.501. The van der Waals surface area contributed by atoms with Gasteiger partial charge in [-0.2, -0.15) is 14.7 Å². The van der Waals surface area contributed by atoms with Crippen molar-refractivity contribution in [3.8, 4) is 27.6 Å². The van der Waals surface area contributed by atoms with Crippen LogP contribution in [-0.2, 0) is 6.42 Å². The SMILES string of the molecule is COc1ccc(-c2[nH]ncc2-c2nn3c(CC(C)C)nnc3s2)cc1. The van der Waals surface area contributed by atoms with Crippen molar-refractivity contribution in [3.05, 3.63) is 36.3 Å². The highest BCUT2D eigenvalue weighted by Gasteiger charge is 2.18. The number of H-pyrrole nitrogens is 1. The second-order valence-corrected chi connectivity index (χ2v) is 7.16. The first-order chi connectivity index (χ1) is 12.2. The van der Waals surface area contributed by atoms with Crippen LogP contribution in [0.2, 0.25) is 0 Å². The molecule has 0 saturated carbocycles. The van der Waals surface area contributed by atoms with Crippen LogP contribution in [0, 0.1) is 5.92 Å². The minimum Gasteiger partial charge on any atom is -0.497 e. The molecule has 1 N–H and O–H groups in total. The number of ether oxygens (including phenoxy) is 1. The lowest BCUT2D eigenvalue weighted by atomic mass is 10.1. The Morgan fingerprint density at radius 1 is 1.20 bits per heavy atom. The summed E-state index contributed by atoms with van der Waals surface area (Å²) in [5.74, 6) is 2.21. The molecule has 0 aliphatic rings. The lowest BCUT2D eigenvalue weighted by Crippen LogP contribution is -2.01. The summed E-state index contributed by atoms with van der Waals surface area (Å²) in [6.07, 6.45) is 2.65. The molecule has 3 aromatic heterocycles. The Morgan fingerprint density at radius 2 is 2.00 bits per heavy atom. The highest BCUT2D eigenvalue weighted by Crippen LogP contribution is 2.33. The third kappa shape index (κ3) is 2.89. The average Bonchev–Trinajstić information content (AvgIpc) is 3.31. The third-order valence-corrected chi connectivity index (χ3v) is 4.83. The summed E-state index contributed by atoms with van der Waals surface area (Å²) in [6.45, 7) is 4.32. The van der Waals surface area contributed by atoms with Gasteiger partial charge in [-0.25, -0.2) is 0 Å². The van der Waals surface area contributed by atoms with Crippen molar-refractivity contribution in [2.45, 2.75) is 20.3 Å². The van der Waals surface area contributed by atoms with Gasteiger partial charge in [0.05, 0.1) is 24.6 Å². The first kappa shape index (κ1) is 15.8. The Labute approximate surface area is 148 Å². The van der Waals surface area contributed by atoms with Crippen molar-refractivity contribution >= 4 is 16.3 Å². The lowest BCUT2D eigenvalue weighted by Gasteiger charge is -2.03. The summed E-state index contributed by atoms with van der Waals surface area (Å²) in [6, 6.07) is 7.86. The van der Waals surface area contributed by atoms with Crippen molar-refractivity contribution in [1.29, 1.82) is 0 Å². The smallest absolute Gasteiger partial charge is 0.234 e. The zero-order valence-electron chi connectivity index (χ0n) is 14.2. The van der Waals surface area contributed by atoms with Crippen LogP contribution in [0.3, 0.4) is 0 Å². The van der Waals surface area contributed by atoms with E-state index >= 15 is 0 Å². The van der Waals surface area contributed by atoms with E-state index in [2.05, 4.69) is 34.2 Å². The summed E-state index contributed by atoms with van der Waals surface area (Å²) >= 11 is 1.51. The number of nitrogens with zero attached hydrogens (tertiary/aromatic N) is 5. The molecule has 0 atom stereocenters. The molecule has 3 heterocycles. The molecule has 0 bridgehead atoms. The molecule has 0 aliphatic heterocycles. The summed E-state index contributed by atoms with van der Waals surface area (Å²) in [5, 5.41) is 21.4. The standard InChI is InChI=1S/C17H18N6OS/c1-10(2)8-14-19-21-17-23(14)22-16(25-17)13-9-18-20-15(13)11-4-6-12(24-3)7-5-11/h4-7,9-10H,8H2,1-3H3,(H,18,20). The van der Waals surface area contributed by atoms with Crippen molar-refractivity contribution in [3.63, 3.8) is 0 Å². The molecule has 25 heavy (non-hydrogen) atoms. The number of nitrogens with one attached hydrogen (secondary N) is 1. The predicted molar refractivity (Wildman–Crippen MR) is 96.8 cm³/mol. The number of benzene rings is 1. The molecule has 0 fully saturated rings. The van der Waals surface area contributed by atoms with E-state index in [1.807, 2.05) is 28.8 Å². The van der Waals surface area contributed by atoms with Gasteiger partial charge in [0.2, 0.25) is 4.96 Å². The van der Waals surface area contributed by atoms with Crippen molar-refractivity contribution < 1.29 is 4.74 Å². The van der Waals surface area contributed by atoms with Crippen LogP contribution in [0.1, 0.15) is 19.7 Å². The maximum atomic E-state index is 5.22. The molecular weight excluding hydrogens is 336 g/mol. The zero-order chi connectivity index (χ0) is 17.4. The van der Waals surface area contributed by atoms with Crippen LogP contribution >= 0.6 is 11.3 Å². The summed E-state index contributed by atoms with van der Waals surface area (Å²) in [5.41, 5.74) is 2.91. The number of hydrogen-bond donors (Lipinski definition) is 1. The second kappa shape index (κ2) is 6.29. The van der Waals surface area contributed by atoms with Gasteiger partial charge in [-0.05, 0) is 30.2 Å². The summed E-state index contributed by atoms with van der Waals surface area (Å²) in [4.78, 5) is 0.799. The number of aromatic nitrogens is 6. The molecule has 8 heteroatoms. The minimum atomic E-state index is 0.501. The van der Waals surface area contributed by atoms with Crippen LogP contribution < -0.4 is 4.74 Å². The third-order valence-electron chi connectivity index (χ3n) is 3.89. The fourth-order valence-electron chi connectivity index (χ4n) is 2.68. The maximum absolute atomic E-state index is 5.22. The van der Waals surface area contributed by atoms with E-state index in [9.17, 15) is 0 Å². The molecule has 4 aromatic rings.